The number of hydrogen-bond acceptors (Lipinski definition) is 4. The first-order valence-electron chi connectivity index (χ1n) is 8.52. The summed E-state index contributed by atoms with van der Waals surface area (Å²) in [5.74, 6) is -0.505. The molecule has 2 N–H and O–H groups in total. The molecular weight excluding hydrogens is 366 g/mol. The van der Waals surface area contributed by atoms with Crippen molar-refractivity contribution in [2.75, 3.05) is 29.4 Å². The number of nitrogens with one attached hydrogen (secondary N) is 2. The number of benzene rings is 2. The molecule has 0 aromatic heterocycles. The van der Waals surface area contributed by atoms with E-state index in [9.17, 15) is 18.0 Å². The van der Waals surface area contributed by atoms with E-state index >= 15 is 0 Å². The summed E-state index contributed by atoms with van der Waals surface area (Å²) < 4.78 is 25.0. The Morgan fingerprint density at radius 3 is 2.07 bits per heavy atom. The third-order valence-electron chi connectivity index (χ3n) is 3.85. The van der Waals surface area contributed by atoms with E-state index in [2.05, 4.69) is 10.0 Å². The first kappa shape index (κ1) is 20.4. The minimum Gasteiger partial charge on any atom is -0.339 e. The van der Waals surface area contributed by atoms with Crippen molar-refractivity contribution in [2.45, 2.75) is 13.8 Å². The van der Waals surface area contributed by atoms with Crippen LogP contribution in [0.15, 0.2) is 48.5 Å². The van der Waals surface area contributed by atoms with E-state index in [1.807, 2.05) is 13.8 Å². The fraction of sp³-hybridized carbons (Fsp3) is 0.263. The summed E-state index contributed by atoms with van der Waals surface area (Å²) in [5.41, 5.74) is 1.57. The van der Waals surface area contributed by atoms with Crippen molar-refractivity contribution in [3.8, 4) is 0 Å². The molecule has 2 rings (SSSR count). The van der Waals surface area contributed by atoms with Crippen molar-refractivity contribution >= 4 is 33.2 Å². The molecule has 0 spiro atoms. The molecule has 144 valence electrons. The van der Waals surface area contributed by atoms with E-state index < -0.39 is 15.9 Å². The fourth-order valence-corrected chi connectivity index (χ4v) is 3.12. The van der Waals surface area contributed by atoms with Crippen LogP contribution in [-0.4, -0.2) is 44.5 Å². The van der Waals surface area contributed by atoms with Gasteiger partial charge in [-0.15, -0.1) is 0 Å². The summed E-state index contributed by atoms with van der Waals surface area (Å²) in [7, 11) is -3.43. The van der Waals surface area contributed by atoms with Gasteiger partial charge in [-0.3, -0.25) is 14.3 Å². The van der Waals surface area contributed by atoms with Crippen LogP contribution in [0.1, 0.15) is 34.6 Å². The second-order valence-corrected chi connectivity index (χ2v) is 7.72. The van der Waals surface area contributed by atoms with Gasteiger partial charge >= 0.3 is 0 Å². The molecular formula is C19H23N3O4S. The zero-order valence-corrected chi connectivity index (χ0v) is 16.3. The lowest BCUT2D eigenvalue weighted by Crippen LogP contribution is -2.30. The third kappa shape index (κ3) is 5.82. The lowest BCUT2D eigenvalue weighted by molar-refractivity contribution is 0.0772. The summed E-state index contributed by atoms with van der Waals surface area (Å²) in [6.45, 7) is 5.02. The molecule has 7 nitrogen and oxygen atoms in total. The Morgan fingerprint density at radius 1 is 0.926 bits per heavy atom. The molecule has 27 heavy (non-hydrogen) atoms. The van der Waals surface area contributed by atoms with Crippen LogP contribution in [0.5, 0.6) is 0 Å². The molecule has 0 aliphatic heterocycles. The maximum absolute atomic E-state index is 12.5. The van der Waals surface area contributed by atoms with E-state index in [0.29, 0.717) is 35.6 Å². The number of carbonyl (C=O) groups is 2. The van der Waals surface area contributed by atoms with Crippen LogP contribution in [0.25, 0.3) is 0 Å². The topological polar surface area (TPSA) is 95.6 Å². The molecule has 8 heteroatoms. The normalized spacial score (nSPS) is 10.9. The Labute approximate surface area is 159 Å². The van der Waals surface area contributed by atoms with Gasteiger partial charge in [0.2, 0.25) is 10.0 Å². The van der Waals surface area contributed by atoms with Gasteiger partial charge in [-0.05, 0) is 50.2 Å². The van der Waals surface area contributed by atoms with Gasteiger partial charge in [0.1, 0.15) is 0 Å². The SMILES string of the molecule is CCN(CC)C(=O)c1cccc(NC(=O)c2cccc(NS(C)(=O)=O)c2)c1. The number of rotatable bonds is 7. The second kappa shape index (κ2) is 8.68. The van der Waals surface area contributed by atoms with Crippen LogP contribution in [0.4, 0.5) is 11.4 Å². The van der Waals surface area contributed by atoms with Crippen molar-refractivity contribution in [2.24, 2.45) is 0 Å². The first-order chi connectivity index (χ1) is 12.7. The number of amides is 2. The quantitative estimate of drug-likeness (QED) is 0.761. The third-order valence-corrected chi connectivity index (χ3v) is 4.45. The van der Waals surface area contributed by atoms with Gasteiger partial charge in [0.15, 0.2) is 0 Å². The molecule has 2 amide bonds. The van der Waals surface area contributed by atoms with E-state index in [-0.39, 0.29) is 5.91 Å². The maximum Gasteiger partial charge on any atom is 0.255 e. The Kier molecular flexibility index (Phi) is 6.57. The van der Waals surface area contributed by atoms with Gasteiger partial charge in [0.25, 0.3) is 11.8 Å². The molecule has 2 aromatic carbocycles. The van der Waals surface area contributed by atoms with Crippen molar-refractivity contribution in [3.63, 3.8) is 0 Å². The summed E-state index contributed by atoms with van der Waals surface area (Å²) in [6.07, 6.45) is 1.04. The first-order valence-corrected chi connectivity index (χ1v) is 10.4. The van der Waals surface area contributed by atoms with Crippen LogP contribution >= 0.6 is 0 Å². The standard InChI is InChI=1S/C19H23N3O4S/c1-4-22(5-2)19(24)15-9-7-10-16(13-15)20-18(23)14-8-6-11-17(12-14)21-27(3,25)26/h6-13,21H,4-5H2,1-3H3,(H,20,23). The molecule has 0 saturated carbocycles. The Bertz CT molecular complexity index is 937. The van der Waals surface area contributed by atoms with Crippen LogP contribution in [-0.2, 0) is 10.0 Å². The molecule has 0 aliphatic carbocycles. The van der Waals surface area contributed by atoms with Crippen LogP contribution in [0.3, 0.4) is 0 Å². The highest BCUT2D eigenvalue weighted by atomic mass is 32.2. The van der Waals surface area contributed by atoms with Crippen molar-refractivity contribution < 1.29 is 18.0 Å². The van der Waals surface area contributed by atoms with Gasteiger partial charge < -0.3 is 10.2 Å². The Hall–Kier alpha value is -2.87. The molecule has 0 fully saturated rings. The number of anilines is 2. The minimum absolute atomic E-state index is 0.101. The number of hydrogen-bond donors (Lipinski definition) is 2. The summed E-state index contributed by atoms with van der Waals surface area (Å²) in [5, 5.41) is 2.73. The van der Waals surface area contributed by atoms with Crippen molar-refractivity contribution in [1.82, 2.24) is 4.90 Å². The second-order valence-electron chi connectivity index (χ2n) is 5.97. The van der Waals surface area contributed by atoms with E-state index in [0.717, 1.165) is 6.26 Å². The smallest absolute Gasteiger partial charge is 0.255 e. The molecule has 0 saturated heterocycles. The molecule has 0 aliphatic rings. The van der Waals surface area contributed by atoms with Gasteiger partial charge in [0.05, 0.1) is 6.26 Å². The average molecular weight is 389 g/mol. The molecule has 0 unspecified atom stereocenters. The largest absolute Gasteiger partial charge is 0.339 e. The average Bonchev–Trinajstić information content (AvgIpc) is 2.61. The maximum atomic E-state index is 12.5. The van der Waals surface area contributed by atoms with Gasteiger partial charge in [-0.2, -0.15) is 0 Å². The molecule has 0 bridgehead atoms. The monoisotopic (exact) mass is 389 g/mol. The predicted molar refractivity (Wildman–Crippen MR) is 107 cm³/mol. The zero-order valence-electron chi connectivity index (χ0n) is 15.5. The van der Waals surface area contributed by atoms with E-state index in [4.69, 9.17) is 0 Å². The summed E-state index contributed by atoms with van der Waals surface area (Å²) in [4.78, 5) is 26.6. The zero-order chi connectivity index (χ0) is 20.0. The van der Waals surface area contributed by atoms with Crippen molar-refractivity contribution in [3.05, 3.63) is 59.7 Å². The summed E-state index contributed by atoms with van der Waals surface area (Å²) in [6, 6.07) is 12.9. The predicted octanol–water partition coefficient (Wildman–Crippen LogP) is 2.79. The fourth-order valence-electron chi connectivity index (χ4n) is 2.56. The van der Waals surface area contributed by atoms with Gasteiger partial charge in [0, 0.05) is 35.6 Å². The highest BCUT2D eigenvalue weighted by Crippen LogP contribution is 2.16. The van der Waals surface area contributed by atoms with Crippen LogP contribution < -0.4 is 10.0 Å². The Balaban J connectivity index is 2.18. The van der Waals surface area contributed by atoms with Crippen molar-refractivity contribution in [1.29, 1.82) is 0 Å². The Morgan fingerprint density at radius 2 is 1.48 bits per heavy atom. The minimum atomic E-state index is -3.43. The molecule has 0 atom stereocenters. The van der Waals surface area contributed by atoms with E-state index in [1.165, 1.54) is 6.07 Å². The van der Waals surface area contributed by atoms with Crippen LogP contribution in [0.2, 0.25) is 0 Å². The highest BCUT2D eigenvalue weighted by Gasteiger charge is 2.14. The van der Waals surface area contributed by atoms with Crippen LogP contribution in [0, 0.1) is 0 Å². The molecule has 2 aromatic rings. The molecule has 0 heterocycles. The van der Waals surface area contributed by atoms with Gasteiger partial charge in [-0.1, -0.05) is 12.1 Å². The van der Waals surface area contributed by atoms with E-state index in [1.54, 1.807) is 47.4 Å². The number of carbonyl (C=O) groups excluding carboxylic acids is 2. The lowest BCUT2D eigenvalue weighted by Gasteiger charge is -2.19. The molecule has 0 radical (unpaired) electrons. The highest BCUT2D eigenvalue weighted by molar-refractivity contribution is 7.92. The summed E-state index contributed by atoms with van der Waals surface area (Å²) >= 11 is 0. The van der Waals surface area contributed by atoms with Gasteiger partial charge in [-0.25, -0.2) is 8.42 Å². The number of sulfonamides is 1. The number of nitrogens with zero attached hydrogens (tertiary/aromatic N) is 1. The lowest BCUT2D eigenvalue weighted by atomic mass is 10.1.